The third-order valence-electron chi connectivity index (χ3n) is 1.22. The molecule has 0 bridgehead atoms. The summed E-state index contributed by atoms with van der Waals surface area (Å²) in [5.41, 5.74) is 0. The number of hydrogen-bond donors (Lipinski definition) is 1. The Morgan fingerprint density at radius 1 is 1.69 bits per heavy atom. The highest BCUT2D eigenvalue weighted by atomic mass is 32.2. The standard InChI is InChI=1S/C8H14N2O2S/c1-12-5-4-10-8(11)7-13-6-2-3-9/h2,4-7H2,1H3,(H,10,11). The van der Waals surface area contributed by atoms with E-state index in [1.54, 1.807) is 7.11 Å². The lowest BCUT2D eigenvalue weighted by Crippen LogP contribution is -2.28. The Labute approximate surface area is 82.6 Å². The van der Waals surface area contributed by atoms with Crippen LogP contribution in [0.15, 0.2) is 0 Å². The van der Waals surface area contributed by atoms with Crippen molar-refractivity contribution in [3.8, 4) is 6.07 Å². The molecule has 0 spiro atoms. The average molecular weight is 202 g/mol. The SMILES string of the molecule is COCCNC(=O)CSCCC#N. The number of amides is 1. The van der Waals surface area contributed by atoms with Crippen LogP contribution in [-0.2, 0) is 9.53 Å². The molecule has 0 aliphatic rings. The molecule has 4 nitrogen and oxygen atoms in total. The molecule has 0 aliphatic carbocycles. The highest BCUT2D eigenvalue weighted by molar-refractivity contribution is 7.99. The molecule has 0 radical (unpaired) electrons. The molecule has 0 saturated carbocycles. The Hall–Kier alpha value is -0.730. The lowest BCUT2D eigenvalue weighted by Gasteiger charge is -2.02. The highest BCUT2D eigenvalue weighted by Gasteiger charge is 1.99. The van der Waals surface area contributed by atoms with Crippen molar-refractivity contribution >= 4 is 17.7 Å². The molecule has 74 valence electrons. The maximum absolute atomic E-state index is 11.0. The van der Waals surface area contributed by atoms with E-state index in [4.69, 9.17) is 10.00 Å². The van der Waals surface area contributed by atoms with Crippen LogP contribution < -0.4 is 5.32 Å². The molecule has 1 amide bonds. The second-order valence-corrected chi connectivity index (χ2v) is 3.41. The van der Waals surface area contributed by atoms with Gasteiger partial charge in [0, 0.05) is 25.8 Å². The van der Waals surface area contributed by atoms with Gasteiger partial charge in [-0.25, -0.2) is 0 Å². The second-order valence-electron chi connectivity index (χ2n) is 2.30. The van der Waals surface area contributed by atoms with Crippen molar-refractivity contribution in [3.05, 3.63) is 0 Å². The molecule has 0 fully saturated rings. The summed E-state index contributed by atoms with van der Waals surface area (Å²) in [5, 5.41) is 10.9. The van der Waals surface area contributed by atoms with Crippen molar-refractivity contribution in [2.45, 2.75) is 6.42 Å². The quantitative estimate of drug-likeness (QED) is 0.607. The number of ether oxygens (including phenoxy) is 1. The monoisotopic (exact) mass is 202 g/mol. The summed E-state index contributed by atoms with van der Waals surface area (Å²) in [5.74, 6) is 1.14. The number of methoxy groups -OCH3 is 1. The van der Waals surface area contributed by atoms with Crippen LogP contribution in [-0.4, -0.2) is 37.7 Å². The predicted molar refractivity (Wildman–Crippen MR) is 52.4 cm³/mol. The summed E-state index contributed by atoms with van der Waals surface area (Å²) in [7, 11) is 1.59. The number of hydrogen-bond acceptors (Lipinski definition) is 4. The molecule has 0 aliphatic heterocycles. The van der Waals surface area contributed by atoms with Gasteiger partial charge in [-0.2, -0.15) is 17.0 Å². The lowest BCUT2D eigenvalue weighted by molar-refractivity contribution is -0.118. The van der Waals surface area contributed by atoms with Crippen LogP contribution in [0.4, 0.5) is 0 Å². The Kier molecular flexibility index (Phi) is 8.83. The summed E-state index contributed by atoms with van der Waals surface area (Å²) >= 11 is 1.47. The molecular formula is C8H14N2O2S. The van der Waals surface area contributed by atoms with Gasteiger partial charge in [0.15, 0.2) is 0 Å². The molecular weight excluding hydrogens is 188 g/mol. The maximum Gasteiger partial charge on any atom is 0.230 e. The van der Waals surface area contributed by atoms with E-state index in [1.807, 2.05) is 6.07 Å². The van der Waals surface area contributed by atoms with Crippen molar-refractivity contribution in [2.24, 2.45) is 0 Å². The van der Waals surface area contributed by atoms with Crippen molar-refractivity contribution < 1.29 is 9.53 Å². The first-order chi connectivity index (χ1) is 6.31. The Bertz CT molecular complexity index is 179. The minimum atomic E-state index is -0.00000945. The van der Waals surface area contributed by atoms with Crippen LogP contribution in [0.25, 0.3) is 0 Å². The van der Waals surface area contributed by atoms with Gasteiger partial charge in [-0.15, -0.1) is 0 Å². The van der Waals surface area contributed by atoms with Gasteiger partial charge in [-0.1, -0.05) is 0 Å². The van der Waals surface area contributed by atoms with Gasteiger partial charge in [-0.05, 0) is 0 Å². The second kappa shape index (κ2) is 9.36. The van der Waals surface area contributed by atoms with E-state index in [-0.39, 0.29) is 5.91 Å². The summed E-state index contributed by atoms with van der Waals surface area (Å²) in [6.07, 6.45) is 0.496. The zero-order valence-corrected chi connectivity index (χ0v) is 8.52. The molecule has 0 aromatic rings. The Morgan fingerprint density at radius 2 is 2.46 bits per heavy atom. The van der Waals surface area contributed by atoms with E-state index in [9.17, 15) is 4.79 Å². The third-order valence-corrected chi connectivity index (χ3v) is 2.18. The summed E-state index contributed by atoms with van der Waals surface area (Å²) in [4.78, 5) is 11.0. The predicted octanol–water partition coefficient (Wildman–Crippen LogP) is 0.396. The minimum Gasteiger partial charge on any atom is -0.383 e. The number of nitriles is 1. The maximum atomic E-state index is 11.0. The van der Waals surface area contributed by atoms with Gasteiger partial charge in [-0.3, -0.25) is 4.79 Å². The van der Waals surface area contributed by atoms with Crippen LogP contribution >= 0.6 is 11.8 Å². The number of nitrogens with zero attached hydrogens (tertiary/aromatic N) is 1. The molecule has 13 heavy (non-hydrogen) atoms. The zero-order valence-electron chi connectivity index (χ0n) is 7.71. The molecule has 0 saturated heterocycles. The van der Waals surface area contributed by atoms with E-state index in [1.165, 1.54) is 11.8 Å². The van der Waals surface area contributed by atoms with Gasteiger partial charge in [0.25, 0.3) is 0 Å². The van der Waals surface area contributed by atoms with E-state index < -0.39 is 0 Å². The smallest absolute Gasteiger partial charge is 0.230 e. The lowest BCUT2D eigenvalue weighted by atomic mass is 10.6. The summed E-state index contributed by atoms with van der Waals surface area (Å²) in [6.45, 7) is 1.09. The molecule has 0 unspecified atom stereocenters. The van der Waals surface area contributed by atoms with Gasteiger partial charge < -0.3 is 10.1 Å². The van der Waals surface area contributed by atoms with Crippen molar-refractivity contribution in [3.63, 3.8) is 0 Å². The molecule has 0 aromatic carbocycles. The first-order valence-electron chi connectivity index (χ1n) is 4.01. The van der Waals surface area contributed by atoms with Gasteiger partial charge >= 0.3 is 0 Å². The third kappa shape index (κ3) is 9.18. The van der Waals surface area contributed by atoms with E-state index >= 15 is 0 Å². The van der Waals surface area contributed by atoms with Crippen LogP contribution in [0.5, 0.6) is 0 Å². The molecule has 0 aromatic heterocycles. The fourth-order valence-corrected chi connectivity index (χ4v) is 1.29. The van der Waals surface area contributed by atoms with Gasteiger partial charge in [0.2, 0.25) is 5.91 Å². The van der Waals surface area contributed by atoms with E-state index in [2.05, 4.69) is 5.32 Å². The minimum absolute atomic E-state index is 0.00000945. The average Bonchev–Trinajstić information content (AvgIpc) is 2.13. The van der Waals surface area contributed by atoms with Crippen LogP contribution in [0.2, 0.25) is 0 Å². The van der Waals surface area contributed by atoms with E-state index in [0.29, 0.717) is 31.1 Å². The van der Waals surface area contributed by atoms with Crippen LogP contribution in [0.3, 0.4) is 0 Å². The number of nitrogens with one attached hydrogen (secondary N) is 1. The number of carbonyl (C=O) groups excluding carboxylic acids is 1. The molecule has 0 atom stereocenters. The molecule has 1 N–H and O–H groups in total. The number of rotatable bonds is 7. The van der Waals surface area contributed by atoms with Crippen molar-refractivity contribution in [1.29, 1.82) is 5.26 Å². The highest BCUT2D eigenvalue weighted by Crippen LogP contribution is 2.00. The van der Waals surface area contributed by atoms with Crippen LogP contribution in [0, 0.1) is 11.3 Å². The molecule has 0 heterocycles. The van der Waals surface area contributed by atoms with Crippen LogP contribution in [0.1, 0.15) is 6.42 Å². The summed E-state index contributed by atoms with van der Waals surface area (Å²) < 4.78 is 4.77. The Morgan fingerprint density at radius 3 is 3.08 bits per heavy atom. The summed E-state index contributed by atoms with van der Waals surface area (Å²) in [6, 6.07) is 2.02. The number of thioether (sulfide) groups is 1. The fraction of sp³-hybridized carbons (Fsp3) is 0.750. The fourth-order valence-electron chi connectivity index (χ4n) is 0.626. The number of carbonyl (C=O) groups is 1. The van der Waals surface area contributed by atoms with Gasteiger partial charge in [0.05, 0.1) is 18.4 Å². The zero-order chi connectivity index (χ0) is 9.94. The molecule has 5 heteroatoms. The van der Waals surface area contributed by atoms with Crippen molar-refractivity contribution in [2.75, 3.05) is 31.8 Å². The topological polar surface area (TPSA) is 62.1 Å². The van der Waals surface area contributed by atoms with Gasteiger partial charge in [0.1, 0.15) is 0 Å². The van der Waals surface area contributed by atoms with Crippen molar-refractivity contribution in [1.82, 2.24) is 5.32 Å². The largest absolute Gasteiger partial charge is 0.383 e. The first-order valence-corrected chi connectivity index (χ1v) is 5.17. The Balaban J connectivity index is 3.16. The first kappa shape index (κ1) is 12.3. The van der Waals surface area contributed by atoms with E-state index in [0.717, 1.165) is 0 Å². The molecule has 0 rings (SSSR count). The normalized spacial score (nSPS) is 9.23.